The third-order valence-corrected chi connectivity index (χ3v) is 1.42. The van der Waals surface area contributed by atoms with E-state index in [4.69, 9.17) is 10.2 Å². The molecule has 0 bridgehead atoms. The van der Waals surface area contributed by atoms with Gasteiger partial charge in [-0.05, 0) is 0 Å². The van der Waals surface area contributed by atoms with Crippen molar-refractivity contribution in [1.82, 2.24) is 20.2 Å². The van der Waals surface area contributed by atoms with Gasteiger partial charge >= 0.3 is 0 Å². The summed E-state index contributed by atoms with van der Waals surface area (Å²) in [5.41, 5.74) is 5.86. The first-order valence-corrected chi connectivity index (χ1v) is 3.69. The van der Waals surface area contributed by atoms with Crippen molar-refractivity contribution >= 4 is 0 Å². The molecule has 0 aromatic carbocycles. The van der Waals surface area contributed by atoms with Crippen LogP contribution in [0.25, 0.3) is 11.6 Å². The molecule has 0 fully saturated rings. The molecule has 2 N–H and O–H groups in total. The first-order valence-electron chi connectivity index (χ1n) is 3.69. The van der Waals surface area contributed by atoms with Gasteiger partial charge in [0.2, 0.25) is 5.89 Å². The van der Waals surface area contributed by atoms with Crippen molar-refractivity contribution < 1.29 is 4.42 Å². The van der Waals surface area contributed by atoms with Crippen molar-refractivity contribution in [2.45, 2.75) is 6.54 Å². The molecule has 0 radical (unpaired) electrons. The Balaban J connectivity index is 2.36. The Labute approximate surface area is 73.8 Å². The fourth-order valence-corrected chi connectivity index (χ4v) is 0.849. The van der Waals surface area contributed by atoms with Gasteiger partial charge in [-0.25, -0.2) is 4.98 Å². The molecule has 0 amide bonds. The maximum Gasteiger partial charge on any atom is 0.267 e. The van der Waals surface area contributed by atoms with Gasteiger partial charge in [-0.2, -0.15) is 0 Å². The Morgan fingerprint density at radius 2 is 2.23 bits per heavy atom. The van der Waals surface area contributed by atoms with Gasteiger partial charge in [0.05, 0.1) is 12.7 Å². The molecule has 0 atom stereocenters. The Morgan fingerprint density at radius 1 is 1.31 bits per heavy atom. The van der Waals surface area contributed by atoms with Crippen molar-refractivity contribution in [2.75, 3.05) is 0 Å². The Morgan fingerprint density at radius 3 is 2.85 bits per heavy atom. The Kier molecular flexibility index (Phi) is 1.97. The molecule has 2 rings (SSSR count). The van der Waals surface area contributed by atoms with E-state index in [9.17, 15) is 0 Å². The summed E-state index contributed by atoms with van der Waals surface area (Å²) in [6.45, 7) is 0.229. The van der Waals surface area contributed by atoms with Crippen LogP contribution in [0.1, 0.15) is 5.89 Å². The summed E-state index contributed by atoms with van der Waals surface area (Å²) in [6.07, 6.45) is 4.68. The van der Waals surface area contributed by atoms with Gasteiger partial charge in [0.25, 0.3) is 5.89 Å². The van der Waals surface area contributed by atoms with E-state index < -0.39 is 0 Å². The number of aromatic nitrogens is 4. The van der Waals surface area contributed by atoms with Crippen LogP contribution >= 0.6 is 0 Å². The SMILES string of the molecule is NCc1nnc(-c2cnccn2)o1. The van der Waals surface area contributed by atoms with Crippen molar-refractivity contribution in [3.8, 4) is 11.6 Å². The normalized spacial score (nSPS) is 10.2. The van der Waals surface area contributed by atoms with Crippen molar-refractivity contribution in [2.24, 2.45) is 5.73 Å². The van der Waals surface area contributed by atoms with Crippen LogP contribution < -0.4 is 5.73 Å². The zero-order chi connectivity index (χ0) is 9.10. The molecule has 0 saturated carbocycles. The third kappa shape index (κ3) is 1.52. The van der Waals surface area contributed by atoms with Gasteiger partial charge < -0.3 is 10.2 Å². The lowest BCUT2D eigenvalue weighted by Gasteiger charge is -1.89. The maximum atomic E-state index is 5.31. The van der Waals surface area contributed by atoms with Crippen LogP contribution in [-0.4, -0.2) is 20.2 Å². The highest BCUT2D eigenvalue weighted by Gasteiger charge is 2.07. The summed E-state index contributed by atoms with van der Waals surface area (Å²) in [6, 6.07) is 0. The van der Waals surface area contributed by atoms with Crippen LogP contribution in [0.3, 0.4) is 0 Å². The summed E-state index contributed by atoms with van der Waals surface area (Å²) in [7, 11) is 0. The topological polar surface area (TPSA) is 90.7 Å². The molecular weight excluding hydrogens is 170 g/mol. The molecule has 2 aromatic heterocycles. The molecule has 13 heavy (non-hydrogen) atoms. The zero-order valence-electron chi connectivity index (χ0n) is 6.71. The van der Waals surface area contributed by atoms with Gasteiger partial charge in [-0.15, -0.1) is 10.2 Å². The number of nitrogens with zero attached hydrogens (tertiary/aromatic N) is 4. The van der Waals surface area contributed by atoms with E-state index >= 15 is 0 Å². The highest BCUT2D eigenvalue weighted by atomic mass is 16.4. The van der Waals surface area contributed by atoms with E-state index in [1.807, 2.05) is 0 Å². The van der Waals surface area contributed by atoms with E-state index in [1.54, 1.807) is 18.6 Å². The van der Waals surface area contributed by atoms with Gasteiger partial charge in [0, 0.05) is 12.4 Å². The fraction of sp³-hybridized carbons (Fsp3) is 0.143. The predicted molar refractivity (Wildman–Crippen MR) is 43.2 cm³/mol. The van der Waals surface area contributed by atoms with Crippen LogP contribution in [0, 0.1) is 0 Å². The maximum absolute atomic E-state index is 5.31. The summed E-state index contributed by atoms with van der Waals surface area (Å²) in [5.74, 6) is 0.731. The molecule has 0 aliphatic carbocycles. The van der Waals surface area contributed by atoms with E-state index in [2.05, 4.69) is 20.2 Å². The minimum atomic E-state index is 0.229. The van der Waals surface area contributed by atoms with E-state index in [0.29, 0.717) is 17.5 Å². The quantitative estimate of drug-likeness (QED) is 0.693. The minimum absolute atomic E-state index is 0.229. The standard InChI is InChI=1S/C7H7N5O/c8-3-6-11-12-7(13-6)5-4-9-1-2-10-5/h1-2,4H,3,8H2. The predicted octanol–water partition coefficient (Wildman–Crippen LogP) is -0.0147. The zero-order valence-corrected chi connectivity index (χ0v) is 6.71. The third-order valence-electron chi connectivity index (χ3n) is 1.42. The van der Waals surface area contributed by atoms with Crippen LogP contribution in [0.15, 0.2) is 23.0 Å². The Bertz CT molecular complexity index is 385. The van der Waals surface area contributed by atoms with Crippen molar-refractivity contribution in [3.05, 3.63) is 24.5 Å². The lowest BCUT2D eigenvalue weighted by atomic mass is 10.4. The second-order valence-corrected chi connectivity index (χ2v) is 2.30. The monoisotopic (exact) mass is 177 g/mol. The molecule has 66 valence electrons. The molecule has 0 aliphatic rings. The van der Waals surface area contributed by atoms with Gasteiger partial charge in [0.1, 0.15) is 5.69 Å². The second kappa shape index (κ2) is 3.28. The number of hydrogen-bond donors (Lipinski definition) is 1. The van der Waals surface area contributed by atoms with Crippen LogP contribution in [0.2, 0.25) is 0 Å². The fourth-order valence-electron chi connectivity index (χ4n) is 0.849. The average molecular weight is 177 g/mol. The lowest BCUT2D eigenvalue weighted by Crippen LogP contribution is -1.95. The van der Waals surface area contributed by atoms with Crippen molar-refractivity contribution in [3.63, 3.8) is 0 Å². The highest BCUT2D eigenvalue weighted by Crippen LogP contribution is 2.12. The van der Waals surface area contributed by atoms with Gasteiger partial charge in [0.15, 0.2) is 0 Å². The smallest absolute Gasteiger partial charge is 0.267 e. The molecule has 2 heterocycles. The summed E-state index contributed by atoms with van der Waals surface area (Å²) in [4.78, 5) is 7.87. The number of rotatable bonds is 2. The lowest BCUT2D eigenvalue weighted by molar-refractivity contribution is 0.507. The van der Waals surface area contributed by atoms with Crippen molar-refractivity contribution in [1.29, 1.82) is 0 Å². The molecule has 6 nitrogen and oxygen atoms in total. The van der Waals surface area contributed by atoms with Crippen LogP contribution in [0.4, 0.5) is 0 Å². The average Bonchev–Trinajstić information content (AvgIpc) is 2.67. The van der Waals surface area contributed by atoms with Gasteiger partial charge in [-0.3, -0.25) is 4.98 Å². The molecule has 0 spiro atoms. The van der Waals surface area contributed by atoms with E-state index in [-0.39, 0.29) is 6.54 Å². The number of nitrogens with two attached hydrogens (primary N) is 1. The molecule has 0 aliphatic heterocycles. The van der Waals surface area contributed by atoms with Crippen LogP contribution in [-0.2, 0) is 6.54 Å². The minimum Gasteiger partial charge on any atom is -0.418 e. The van der Waals surface area contributed by atoms with Gasteiger partial charge in [-0.1, -0.05) is 0 Å². The summed E-state index contributed by atoms with van der Waals surface area (Å²) < 4.78 is 5.17. The summed E-state index contributed by atoms with van der Waals surface area (Å²) in [5, 5.41) is 7.46. The van der Waals surface area contributed by atoms with Crippen LogP contribution in [0.5, 0.6) is 0 Å². The van der Waals surface area contributed by atoms with E-state index in [1.165, 1.54) is 0 Å². The molecule has 0 saturated heterocycles. The summed E-state index contributed by atoms with van der Waals surface area (Å²) >= 11 is 0. The van der Waals surface area contributed by atoms with E-state index in [0.717, 1.165) is 0 Å². The molecule has 6 heteroatoms. The largest absolute Gasteiger partial charge is 0.418 e. The molecule has 2 aromatic rings. The first-order chi connectivity index (χ1) is 6.40. The Hall–Kier alpha value is -1.82. The highest BCUT2D eigenvalue weighted by molar-refractivity contribution is 5.42. The second-order valence-electron chi connectivity index (χ2n) is 2.30. The molecule has 0 unspecified atom stereocenters. The molecular formula is C7H7N5O. The number of hydrogen-bond acceptors (Lipinski definition) is 6. The first kappa shape index (κ1) is 7.81.